The minimum atomic E-state index is -0.335. The molecule has 1 aromatic rings. The summed E-state index contributed by atoms with van der Waals surface area (Å²) in [7, 11) is 0. The molecule has 1 N–H and O–H groups in total. The molecule has 4 heteroatoms. The van der Waals surface area contributed by atoms with Gasteiger partial charge in [0.1, 0.15) is 0 Å². The molecule has 0 aromatic heterocycles. The van der Waals surface area contributed by atoms with Crippen molar-refractivity contribution in [3.05, 3.63) is 47.7 Å². The fraction of sp³-hybridized carbons (Fsp3) is 0.0909. The highest BCUT2D eigenvalue weighted by atomic mass is 16.2. The van der Waals surface area contributed by atoms with Crippen LogP contribution in [0, 0.1) is 0 Å². The van der Waals surface area contributed by atoms with E-state index in [0.29, 0.717) is 16.8 Å². The Bertz CT molecular complexity index is 430. The minimum absolute atomic E-state index is 0.335. The maximum absolute atomic E-state index is 11.7. The molecule has 0 unspecified atom stereocenters. The van der Waals surface area contributed by atoms with Crippen molar-refractivity contribution >= 4 is 11.8 Å². The van der Waals surface area contributed by atoms with Crippen LogP contribution in [0.25, 0.3) is 0 Å². The lowest BCUT2D eigenvalue weighted by Crippen LogP contribution is -2.40. The molecule has 0 saturated carbocycles. The third-order valence-electron chi connectivity index (χ3n) is 2.10. The summed E-state index contributed by atoms with van der Waals surface area (Å²) in [5.41, 5.74) is 4.03. The molecular formula is C11H10N2O2. The maximum Gasteiger partial charge on any atom is 0.280 e. The fourth-order valence-electron chi connectivity index (χ4n) is 1.48. The molecule has 2 amide bonds. The Balaban J connectivity index is 2.41. The van der Waals surface area contributed by atoms with Crippen molar-refractivity contribution in [2.75, 3.05) is 0 Å². The van der Waals surface area contributed by atoms with Crippen LogP contribution in [0.2, 0.25) is 0 Å². The number of hydrogen-bond acceptors (Lipinski definition) is 3. The van der Waals surface area contributed by atoms with E-state index in [1.165, 1.54) is 0 Å². The number of benzene rings is 1. The van der Waals surface area contributed by atoms with E-state index in [2.05, 4.69) is 12.0 Å². The van der Waals surface area contributed by atoms with Crippen LogP contribution in [0.15, 0.2) is 36.5 Å². The van der Waals surface area contributed by atoms with E-state index in [1.54, 1.807) is 31.2 Å². The molecule has 2 rings (SSSR count). The van der Waals surface area contributed by atoms with E-state index < -0.39 is 0 Å². The Labute approximate surface area is 87.2 Å². The van der Waals surface area contributed by atoms with E-state index in [-0.39, 0.29) is 11.8 Å². The molecule has 76 valence electrons. The summed E-state index contributed by atoms with van der Waals surface area (Å²) in [5.74, 6) is -0.669. The first-order chi connectivity index (χ1) is 7.11. The lowest BCUT2D eigenvalue weighted by molar-refractivity contribution is 0.0591. The molecule has 0 radical (unpaired) electrons. The average molecular weight is 202 g/mol. The van der Waals surface area contributed by atoms with Crippen molar-refractivity contribution in [2.45, 2.75) is 6.92 Å². The van der Waals surface area contributed by atoms with Crippen LogP contribution in [-0.2, 0) is 0 Å². The summed E-state index contributed by atoms with van der Waals surface area (Å²) in [6.07, 6.45) is 0. The molecule has 1 aromatic carbocycles. The third-order valence-corrected chi connectivity index (χ3v) is 2.10. The van der Waals surface area contributed by atoms with Crippen LogP contribution in [0.1, 0.15) is 27.6 Å². The molecule has 0 spiro atoms. The number of carbonyl (C=O) groups is 2. The highest BCUT2D eigenvalue weighted by Crippen LogP contribution is 2.20. The molecule has 0 saturated heterocycles. The maximum atomic E-state index is 11.7. The van der Waals surface area contributed by atoms with E-state index >= 15 is 0 Å². The Morgan fingerprint density at radius 3 is 2.07 bits per heavy atom. The topological polar surface area (TPSA) is 49.4 Å². The zero-order valence-corrected chi connectivity index (χ0v) is 8.28. The summed E-state index contributed by atoms with van der Waals surface area (Å²) in [6.45, 7) is 5.28. The minimum Gasteiger partial charge on any atom is -0.293 e. The van der Waals surface area contributed by atoms with Gasteiger partial charge in [0.25, 0.3) is 11.8 Å². The van der Waals surface area contributed by atoms with Gasteiger partial charge in [-0.15, -0.1) is 0 Å². The van der Waals surface area contributed by atoms with E-state index in [0.717, 1.165) is 5.01 Å². The molecule has 1 heterocycles. The van der Waals surface area contributed by atoms with Gasteiger partial charge in [0, 0.05) is 5.70 Å². The molecule has 0 aliphatic carbocycles. The average Bonchev–Trinajstić information content (AvgIpc) is 2.44. The number of nitrogens with zero attached hydrogens (tertiary/aromatic N) is 1. The molecule has 4 nitrogen and oxygen atoms in total. The van der Waals surface area contributed by atoms with Crippen LogP contribution in [0.3, 0.4) is 0 Å². The summed E-state index contributed by atoms with van der Waals surface area (Å²) in [4.78, 5) is 23.5. The molecule has 0 fully saturated rings. The zero-order chi connectivity index (χ0) is 11.0. The first kappa shape index (κ1) is 9.45. The molecule has 1 aliphatic heterocycles. The lowest BCUT2D eigenvalue weighted by Gasteiger charge is -2.15. The highest BCUT2D eigenvalue weighted by molar-refractivity contribution is 6.21. The van der Waals surface area contributed by atoms with Gasteiger partial charge < -0.3 is 0 Å². The Morgan fingerprint density at radius 1 is 1.20 bits per heavy atom. The van der Waals surface area contributed by atoms with Gasteiger partial charge >= 0.3 is 0 Å². The number of nitrogens with one attached hydrogen (secondary N) is 1. The SMILES string of the molecule is C=C(C)NN1C(=O)c2ccccc2C1=O. The Kier molecular flexibility index (Phi) is 2.04. The largest absolute Gasteiger partial charge is 0.293 e. The summed E-state index contributed by atoms with van der Waals surface area (Å²) in [6, 6.07) is 6.73. The van der Waals surface area contributed by atoms with Gasteiger partial charge in [0.05, 0.1) is 11.1 Å². The van der Waals surface area contributed by atoms with Crippen LogP contribution in [0.5, 0.6) is 0 Å². The van der Waals surface area contributed by atoms with E-state index in [1.807, 2.05) is 0 Å². The second-order valence-electron chi connectivity index (χ2n) is 3.38. The Hall–Kier alpha value is -2.10. The van der Waals surface area contributed by atoms with Crippen molar-refractivity contribution in [3.8, 4) is 0 Å². The summed E-state index contributed by atoms with van der Waals surface area (Å²) in [5, 5.41) is 0.979. The van der Waals surface area contributed by atoms with Gasteiger partial charge in [-0.25, -0.2) is 0 Å². The normalized spacial score (nSPS) is 14.1. The second kappa shape index (κ2) is 3.24. The molecular weight excluding hydrogens is 192 g/mol. The van der Waals surface area contributed by atoms with Crippen molar-refractivity contribution < 1.29 is 9.59 Å². The first-order valence-electron chi connectivity index (χ1n) is 4.51. The quantitative estimate of drug-likeness (QED) is 0.736. The first-order valence-corrected chi connectivity index (χ1v) is 4.51. The number of amides is 2. The molecule has 0 bridgehead atoms. The number of carbonyl (C=O) groups excluding carboxylic acids is 2. The lowest BCUT2D eigenvalue weighted by atomic mass is 10.1. The number of hydrogen-bond donors (Lipinski definition) is 1. The number of allylic oxidation sites excluding steroid dienone is 1. The number of fused-ring (bicyclic) bond motifs is 1. The Morgan fingerprint density at radius 2 is 1.67 bits per heavy atom. The number of hydrazine groups is 1. The van der Waals surface area contributed by atoms with E-state index in [9.17, 15) is 9.59 Å². The number of imide groups is 1. The third kappa shape index (κ3) is 1.40. The zero-order valence-electron chi connectivity index (χ0n) is 8.28. The fourth-order valence-corrected chi connectivity index (χ4v) is 1.48. The highest BCUT2D eigenvalue weighted by Gasteiger charge is 2.35. The monoisotopic (exact) mass is 202 g/mol. The van der Waals surface area contributed by atoms with Crippen LogP contribution in [0.4, 0.5) is 0 Å². The van der Waals surface area contributed by atoms with Crippen LogP contribution in [-0.4, -0.2) is 16.8 Å². The smallest absolute Gasteiger partial charge is 0.280 e. The van der Waals surface area contributed by atoms with Gasteiger partial charge in [0.15, 0.2) is 0 Å². The standard InChI is InChI=1S/C11H10N2O2/c1-7(2)12-13-10(14)8-5-3-4-6-9(8)11(13)15/h3-6,12H,1H2,2H3. The van der Waals surface area contributed by atoms with Crippen molar-refractivity contribution in [3.63, 3.8) is 0 Å². The predicted molar refractivity (Wildman–Crippen MR) is 54.9 cm³/mol. The van der Waals surface area contributed by atoms with Gasteiger partial charge in [0.2, 0.25) is 0 Å². The van der Waals surface area contributed by atoms with Gasteiger partial charge in [-0.05, 0) is 19.1 Å². The molecule has 1 aliphatic rings. The van der Waals surface area contributed by atoms with Gasteiger partial charge in [-0.1, -0.05) is 18.7 Å². The van der Waals surface area contributed by atoms with Crippen molar-refractivity contribution in [1.29, 1.82) is 0 Å². The van der Waals surface area contributed by atoms with Crippen molar-refractivity contribution in [2.24, 2.45) is 0 Å². The second-order valence-corrected chi connectivity index (χ2v) is 3.38. The summed E-state index contributed by atoms with van der Waals surface area (Å²) >= 11 is 0. The van der Waals surface area contributed by atoms with Gasteiger partial charge in [-0.3, -0.25) is 15.0 Å². The molecule has 0 atom stereocenters. The van der Waals surface area contributed by atoms with E-state index in [4.69, 9.17) is 0 Å². The number of rotatable bonds is 2. The predicted octanol–water partition coefficient (Wildman–Crippen LogP) is 1.32. The molecule has 15 heavy (non-hydrogen) atoms. The van der Waals surface area contributed by atoms with Crippen LogP contribution >= 0.6 is 0 Å². The summed E-state index contributed by atoms with van der Waals surface area (Å²) < 4.78 is 0. The van der Waals surface area contributed by atoms with Crippen LogP contribution < -0.4 is 5.43 Å². The van der Waals surface area contributed by atoms with Gasteiger partial charge in [-0.2, -0.15) is 5.01 Å². The van der Waals surface area contributed by atoms with Crippen molar-refractivity contribution in [1.82, 2.24) is 10.4 Å².